The number of carboxylic acid groups (broad SMARTS) is 1. The first-order valence-electron chi connectivity index (χ1n) is 5.46. The number of hydrogen-bond acceptors (Lipinski definition) is 4. The molecule has 1 aromatic heterocycles. The van der Waals surface area contributed by atoms with Gasteiger partial charge in [0.25, 0.3) is 5.91 Å². The monoisotopic (exact) mass is 640 g/mol. The number of anilines is 1. The molecule has 0 saturated carbocycles. The molecule has 0 aliphatic heterocycles. The van der Waals surface area contributed by atoms with Crippen molar-refractivity contribution < 1.29 is 14.7 Å². The van der Waals surface area contributed by atoms with E-state index in [4.69, 9.17) is 0 Å². The Kier molecular flexibility index (Phi) is 5.81. The summed E-state index contributed by atoms with van der Waals surface area (Å²) in [5.41, 5.74) is 0.965. The minimum Gasteiger partial charge on any atom is -0.478 e. The number of carbonyl (C=O) groups is 2. The molecule has 0 fully saturated rings. The van der Waals surface area contributed by atoms with E-state index in [1.807, 2.05) is 6.07 Å². The molecule has 110 valence electrons. The zero-order valence-corrected chi connectivity index (χ0v) is 17.7. The standard InChI is InChI=1S/C12H7I3N2O3S/c1-4-8(12(19)20)11(21-17-4)16-10(18)6-2-5(13)3-7(14)9(6)15/h2-3H,1H3,(H,16,18)(H,19,20). The third-order valence-corrected chi connectivity index (χ3v) is 7.06. The van der Waals surface area contributed by atoms with Gasteiger partial charge in [0.1, 0.15) is 10.6 Å². The molecular weight excluding hydrogens is 633 g/mol. The van der Waals surface area contributed by atoms with Crippen molar-refractivity contribution in [3.63, 3.8) is 0 Å². The number of carboxylic acids is 1. The summed E-state index contributed by atoms with van der Waals surface area (Å²) in [6.45, 7) is 1.60. The van der Waals surface area contributed by atoms with E-state index in [0.717, 1.165) is 22.2 Å². The number of benzene rings is 1. The number of carbonyl (C=O) groups excluding carboxylic acids is 1. The molecule has 2 aromatic rings. The maximum atomic E-state index is 12.4. The Hall–Kier alpha value is -0.0200. The van der Waals surface area contributed by atoms with Crippen LogP contribution in [-0.2, 0) is 0 Å². The summed E-state index contributed by atoms with van der Waals surface area (Å²) < 4.78 is 6.74. The topological polar surface area (TPSA) is 79.3 Å². The highest BCUT2D eigenvalue weighted by molar-refractivity contribution is 14.1. The smallest absolute Gasteiger partial charge is 0.340 e. The Morgan fingerprint density at radius 2 is 1.95 bits per heavy atom. The van der Waals surface area contributed by atoms with E-state index in [1.54, 1.807) is 13.0 Å². The largest absolute Gasteiger partial charge is 0.478 e. The van der Waals surface area contributed by atoms with E-state index in [2.05, 4.69) is 77.5 Å². The minimum atomic E-state index is -1.09. The van der Waals surface area contributed by atoms with E-state index in [0.29, 0.717) is 11.3 Å². The first kappa shape index (κ1) is 17.3. The van der Waals surface area contributed by atoms with Crippen molar-refractivity contribution >= 4 is 96.2 Å². The summed E-state index contributed by atoms with van der Waals surface area (Å²) in [5.74, 6) is -1.43. The van der Waals surface area contributed by atoms with Crippen LogP contribution in [0.3, 0.4) is 0 Å². The van der Waals surface area contributed by atoms with Gasteiger partial charge in [0.05, 0.1) is 11.3 Å². The third kappa shape index (κ3) is 3.85. The van der Waals surface area contributed by atoms with Crippen LogP contribution in [0.2, 0.25) is 0 Å². The third-order valence-electron chi connectivity index (χ3n) is 2.54. The van der Waals surface area contributed by atoms with Gasteiger partial charge in [0.15, 0.2) is 0 Å². The first-order valence-corrected chi connectivity index (χ1v) is 9.47. The van der Waals surface area contributed by atoms with E-state index in [9.17, 15) is 14.7 Å². The average Bonchev–Trinajstić information content (AvgIpc) is 2.74. The van der Waals surface area contributed by atoms with Gasteiger partial charge in [-0.1, -0.05) is 0 Å². The highest BCUT2D eigenvalue weighted by Gasteiger charge is 2.21. The molecule has 0 saturated heterocycles. The van der Waals surface area contributed by atoms with Gasteiger partial charge in [-0.25, -0.2) is 4.79 Å². The Morgan fingerprint density at radius 1 is 1.29 bits per heavy atom. The lowest BCUT2D eigenvalue weighted by Crippen LogP contribution is -2.15. The van der Waals surface area contributed by atoms with Crippen LogP contribution in [0.1, 0.15) is 26.4 Å². The van der Waals surface area contributed by atoms with Gasteiger partial charge < -0.3 is 10.4 Å². The van der Waals surface area contributed by atoms with Crippen molar-refractivity contribution in [2.24, 2.45) is 0 Å². The fourth-order valence-electron chi connectivity index (χ4n) is 1.60. The van der Waals surface area contributed by atoms with Crippen molar-refractivity contribution in [3.05, 3.63) is 39.7 Å². The summed E-state index contributed by atoms with van der Waals surface area (Å²) in [6, 6.07) is 3.74. The van der Waals surface area contributed by atoms with Gasteiger partial charge in [0.2, 0.25) is 0 Å². The molecule has 5 nitrogen and oxygen atoms in total. The van der Waals surface area contributed by atoms with Crippen LogP contribution in [0.25, 0.3) is 0 Å². The van der Waals surface area contributed by atoms with E-state index < -0.39 is 5.97 Å². The molecular formula is C12H7I3N2O3S. The van der Waals surface area contributed by atoms with Crippen molar-refractivity contribution in [2.75, 3.05) is 5.32 Å². The van der Waals surface area contributed by atoms with Crippen LogP contribution in [0.4, 0.5) is 5.00 Å². The summed E-state index contributed by atoms with van der Waals surface area (Å²) in [7, 11) is 0. The van der Waals surface area contributed by atoms with Crippen LogP contribution < -0.4 is 5.32 Å². The lowest BCUT2D eigenvalue weighted by Gasteiger charge is -2.08. The van der Waals surface area contributed by atoms with E-state index in [-0.39, 0.29) is 16.5 Å². The maximum absolute atomic E-state index is 12.4. The summed E-state index contributed by atoms with van der Waals surface area (Å²) in [6.07, 6.45) is 0. The highest BCUT2D eigenvalue weighted by Crippen LogP contribution is 2.27. The Morgan fingerprint density at radius 3 is 2.57 bits per heavy atom. The number of halogens is 3. The molecule has 2 rings (SSSR count). The lowest BCUT2D eigenvalue weighted by molar-refractivity contribution is 0.0697. The molecule has 9 heteroatoms. The number of nitrogens with zero attached hydrogens (tertiary/aromatic N) is 1. The van der Waals surface area contributed by atoms with Gasteiger partial charge in [-0.3, -0.25) is 4.79 Å². The van der Waals surface area contributed by atoms with Gasteiger partial charge >= 0.3 is 5.97 Å². The van der Waals surface area contributed by atoms with Gasteiger partial charge in [-0.2, -0.15) is 4.37 Å². The SMILES string of the molecule is Cc1nsc(NC(=O)c2cc(I)cc(I)c2I)c1C(=O)O. The van der Waals surface area contributed by atoms with Crippen molar-refractivity contribution in [2.45, 2.75) is 6.92 Å². The molecule has 2 N–H and O–H groups in total. The number of nitrogens with one attached hydrogen (secondary N) is 1. The van der Waals surface area contributed by atoms with Crippen molar-refractivity contribution in [1.29, 1.82) is 0 Å². The van der Waals surface area contributed by atoms with E-state index in [1.165, 1.54) is 0 Å². The molecule has 0 radical (unpaired) electrons. The van der Waals surface area contributed by atoms with Crippen molar-refractivity contribution in [1.82, 2.24) is 4.37 Å². The quantitative estimate of drug-likeness (QED) is 0.390. The number of amides is 1. The number of aryl methyl sites for hydroxylation is 1. The molecule has 21 heavy (non-hydrogen) atoms. The van der Waals surface area contributed by atoms with Gasteiger partial charge in [-0.05, 0) is 98.4 Å². The molecule has 0 aliphatic rings. The fourth-order valence-corrected chi connectivity index (χ4v) is 4.78. The molecule has 1 amide bonds. The van der Waals surface area contributed by atoms with Crippen LogP contribution >= 0.6 is 79.3 Å². The van der Waals surface area contributed by atoms with Crippen LogP contribution in [0.5, 0.6) is 0 Å². The maximum Gasteiger partial charge on any atom is 0.340 e. The zero-order valence-electron chi connectivity index (χ0n) is 10.4. The fraction of sp³-hybridized carbons (Fsp3) is 0.0833. The second-order valence-electron chi connectivity index (χ2n) is 3.98. The summed E-state index contributed by atoms with van der Waals surface area (Å²) >= 11 is 7.39. The molecule has 0 bridgehead atoms. The lowest BCUT2D eigenvalue weighted by atomic mass is 10.2. The predicted octanol–water partition coefficient (Wildman–Crippen LogP) is 4.22. The average molecular weight is 640 g/mol. The molecule has 1 heterocycles. The summed E-state index contributed by atoms with van der Waals surface area (Å²) in [4.78, 5) is 23.6. The molecule has 0 spiro atoms. The number of rotatable bonds is 3. The number of hydrogen-bond donors (Lipinski definition) is 2. The molecule has 0 unspecified atom stereocenters. The molecule has 0 atom stereocenters. The number of aromatic nitrogens is 1. The number of aromatic carboxylic acids is 1. The Balaban J connectivity index is 2.38. The summed E-state index contributed by atoms with van der Waals surface area (Å²) in [5, 5.41) is 12.1. The molecule has 1 aromatic carbocycles. The highest BCUT2D eigenvalue weighted by atomic mass is 127. The Labute approximate surface area is 165 Å². The minimum absolute atomic E-state index is 0.0451. The van der Waals surface area contributed by atoms with Crippen LogP contribution in [-0.4, -0.2) is 21.4 Å². The van der Waals surface area contributed by atoms with Crippen LogP contribution in [0.15, 0.2) is 12.1 Å². The van der Waals surface area contributed by atoms with Gasteiger partial charge in [-0.15, -0.1) is 0 Å². The predicted molar refractivity (Wildman–Crippen MR) is 106 cm³/mol. The Bertz CT molecular complexity index is 746. The van der Waals surface area contributed by atoms with Crippen LogP contribution in [0, 0.1) is 17.6 Å². The molecule has 0 aliphatic carbocycles. The van der Waals surface area contributed by atoms with E-state index >= 15 is 0 Å². The second kappa shape index (κ2) is 7.04. The normalized spacial score (nSPS) is 10.5. The second-order valence-corrected chi connectivity index (χ2v) is 8.24. The van der Waals surface area contributed by atoms with Crippen molar-refractivity contribution in [3.8, 4) is 0 Å². The van der Waals surface area contributed by atoms with Gasteiger partial charge in [0, 0.05) is 10.7 Å². The zero-order chi connectivity index (χ0) is 15.7. The first-order chi connectivity index (χ1) is 9.81.